The lowest BCUT2D eigenvalue weighted by molar-refractivity contribution is -0.144. The summed E-state index contributed by atoms with van der Waals surface area (Å²) in [4.78, 5) is 25.5. The van der Waals surface area contributed by atoms with Gasteiger partial charge in [-0.25, -0.2) is 0 Å². The summed E-state index contributed by atoms with van der Waals surface area (Å²) in [6.45, 7) is 1.62. The largest absolute Gasteiger partial charge is 0.481 e. The molecule has 3 aromatic rings. The molecule has 0 aliphatic rings. The van der Waals surface area contributed by atoms with Gasteiger partial charge in [-0.1, -0.05) is 67.6 Å². The van der Waals surface area contributed by atoms with Crippen LogP contribution in [-0.4, -0.2) is 43.7 Å². The Labute approximate surface area is 162 Å². The highest BCUT2D eigenvalue weighted by atomic mass is 16.4. The molecule has 0 radical (unpaired) electrons. The Kier molecular flexibility index (Phi) is 5.78. The molecule has 0 fully saturated rings. The van der Waals surface area contributed by atoms with Gasteiger partial charge in [0, 0.05) is 12.1 Å². The molecule has 0 saturated carbocycles. The number of hydrogen-bond acceptors (Lipinski definition) is 5. The van der Waals surface area contributed by atoms with Crippen LogP contribution in [0, 0.1) is 0 Å². The number of nitrogens with zero attached hydrogens (tertiary/aromatic N) is 4. The summed E-state index contributed by atoms with van der Waals surface area (Å²) in [6, 6.07) is 18.2. The Morgan fingerprint density at radius 3 is 2.32 bits per heavy atom. The maximum atomic E-state index is 12.3. The van der Waals surface area contributed by atoms with Crippen molar-refractivity contribution in [2.75, 3.05) is 6.54 Å². The fraction of sp³-hybridized carbons (Fsp3) is 0.250. The number of carboxylic acids is 1. The Morgan fingerprint density at radius 1 is 1.07 bits per heavy atom. The number of carboxylic acid groups (broad SMARTS) is 1. The van der Waals surface area contributed by atoms with E-state index < -0.39 is 11.4 Å². The maximum absolute atomic E-state index is 12.3. The summed E-state index contributed by atoms with van der Waals surface area (Å²) >= 11 is 0. The number of amides is 1. The second kappa shape index (κ2) is 8.43. The third-order valence-corrected chi connectivity index (χ3v) is 4.70. The van der Waals surface area contributed by atoms with Gasteiger partial charge >= 0.3 is 5.97 Å². The van der Waals surface area contributed by atoms with Crippen LogP contribution in [0.25, 0.3) is 11.4 Å². The quantitative estimate of drug-likeness (QED) is 0.618. The van der Waals surface area contributed by atoms with Gasteiger partial charge in [0.2, 0.25) is 11.7 Å². The van der Waals surface area contributed by atoms with Crippen molar-refractivity contribution in [1.29, 1.82) is 0 Å². The van der Waals surface area contributed by atoms with Gasteiger partial charge < -0.3 is 10.4 Å². The van der Waals surface area contributed by atoms with E-state index in [-0.39, 0.29) is 19.0 Å². The SMILES string of the molecule is CCC(CNC(=O)Cn1nnc(-c2ccccc2)n1)(C(=O)O)c1ccccc1. The number of benzene rings is 2. The molecular formula is C20H21N5O3. The summed E-state index contributed by atoms with van der Waals surface area (Å²) in [5, 5.41) is 24.6. The van der Waals surface area contributed by atoms with Crippen LogP contribution in [0.1, 0.15) is 18.9 Å². The van der Waals surface area contributed by atoms with Gasteiger partial charge in [0.15, 0.2) is 0 Å². The Bertz CT molecular complexity index is 943. The second-order valence-corrected chi connectivity index (χ2v) is 6.39. The number of rotatable bonds is 8. The molecule has 1 amide bonds. The molecule has 1 atom stereocenters. The lowest BCUT2D eigenvalue weighted by atomic mass is 9.78. The molecule has 1 aromatic heterocycles. The monoisotopic (exact) mass is 379 g/mol. The van der Waals surface area contributed by atoms with E-state index in [4.69, 9.17) is 0 Å². The molecule has 8 nitrogen and oxygen atoms in total. The minimum Gasteiger partial charge on any atom is -0.481 e. The van der Waals surface area contributed by atoms with E-state index >= 15 is 0 Å². The van der Waals surface area contributed by atoms with Gasteiger partial charge in [-0.2, -0.15) is 4.80 Å². The van der Waals surface area contributed by atoms with E-state index in [0.717, 1.165) is 5.56 Å². The predicted octanol–water partition coefficient (Wildman–Crippen LogP) is 1.89. The number of aromatic nitrogens is 4. The fourth-order valence-corrected chi connectivity index (χ4v) is 2.99. The van der Waals surface area contributed by atoms with Crippen LogP contribution in [0.2, 0.25) is 0 Å². The molecule has 2 aromatic carbocycles. The average Bonchev–Trinajstić information content (AvgIpc) is 3.18. The van der Waals surface area contributed by atoms with Crippen molar-refractivity contribution in [2.24, 2.45) is 0 Å². The van der Waals surface area contributed by atoms with E-state index in [1.165, 1.54) is 4.80 Å². The van der Waals surface area contributed by atoms with E-state index in [1.54, 1.807) is 31.2 Å². The molecule has 1 heterocycles. The third-order valence-electron chi connectivity index (χ3n) is 4.70. The van der Waals surface area contributed by atoms with Gasteiger partial charge in [-0.15, -0.1) is 10.2 Å². The van der Waals surface area contributed by atoms with Crippen molar-refractivity contribution >= 4 is 11.9 Å². The molecule has 2 N–H and O–H groups in total. The van der Waals surface area contributed by atoms with Crippen molar-refractivity contribution in [1.82, 2.24) is 25.5 Å². The molecule has 144 valence electrons. The van der Waals surface area contributed by atoms with Gasteiger partial charge in [-0.05, 0) is 17.2 Å². The van der Waals surface area contributed by atoms with E-state index in [2.05, 4.69) is 20.7 Å². The molecule has 0 saturated heterocycles. The first kappa shape index (κ1) is 19.2. The van der Waals surface area contributed by atoms with Crippen molar-refractivity contribution < 1.29 is 14.7 Å². The summed E-state index contributed by atoms with van der Waals surface area (Å²) in [6.07, 6.45) is 0.340. The molecule has 0 aliphatic heterocycles. The van der Waals surface area contributed by atoms with Crippen LogP contribution in [0.4, 0.5) is 0 Å². The Hall–Kier alpha value is -3.55. The standard InChI is InChI=1S/C20H21N5O3/c1-2-20(19(27)28,16-11-7-4-8-12-16)14-21-17(26)13-25-23-18(22-24-25)15-9-5-3-6-10-15/h3-12H,2,13-14H2,1H3,(H,21,26)(H,27,28). The number of carbonyl (C=O) groups is 2. The van der Waals surface area contributed by atoms with Crippen molar-refractivity contribution in [3.8, 4) is 11.4 Å². The lowest BCUT2D eigenvalue weighted by Crippen LogP contribution is -2.47. The average molecular weight is 379 g/mol. The van der Waals surface area contributed by atoms with E-state index in [9.17, 15) is 14.7 Å². The zero-order chi connectivity index (χ0) is 20.0. The zero-order valence-corrected chi connectivity index (χ0v) is 15.4. The molecule has 0 spiro atoms. The summed E-state index contributed by atoms with van der Waals surface area (Å²) in [7, 11) is 0. The molecule has 0 aliphatic carbocycles. The smallest absolute Gasteiger partial charge is 0.315 e. The van der Waals surface area contributed by atoms with E-state index in [1.807, 2.05) is 36.4 Å². The Balaban J connectivity index is 1.67. The Morgan fingerprint density at radius 2 is 1.71 bits per heavy atom. The van der Waals surface area contributed by atoms with Gasteiger partial charge in [0.05, 0.1) is 0 Å². The minimum absolute atomic E-state index is 0.0259. The second-order valence-electron chi connectivity index (χ2n) is 6.39. The fourth-order valence-electron chi connectivity index (χ4n) is 2.99. The van der Waals surface area contributed by atoms with Crippen LogP contribution in [0.5, 0.6) is 0 Å². The highest BCUT2D eigenvalue weighted by molar-refractivity contribution is 5.83. The van der Waals surface area contributed by atoms with Crippen molar-refractivity contribution in [3.05, 3.63) is 66.2 Å². The first-order valence-corrected chi connectivity index (χ1v) is 8.94. The zero-order valence-electron chi connectivity index (χ0n) is 15.4. The number of nitrogens with one attached hydrogen (secondary N) is 1. The van der Waals surface area contributed by atoms with Gasteiger partial charge in [0.25, 0.3) is 0 Å². The van der Waals surface area contributed by atoms with Crippen LogP contribution in [-0.2, 0) is 21.5 Å². The van der Waals surface area contributed by atoms with Crippen molar-refractivity contribution in [2.45, 2.75) is 25.3 Å². The number of tetrazole rings is 1. The maximum Gasteiger partial charge on any atom is 0.315 e. The summed E-state index contributed by atoms with van der Waals surface area (Å²) in [5.74, 6) is -0.940. The number of hydrogen-bond donors (Lipinski definition) is 2. The molecular weight excluding hydrogens is 358 g/mol. The first-order valence-electron chi connectivity index (χ1n) is 8.94. The van der Waals surface area contributed by atoms with Crippen LogP contribution in [0.3, 0.4) is 0 Å². The summed E-state index contributed by atoms with van der Waals surface area (Å²) < 4.78 is 0. The predicted molar refractivity (Wildman–Crippen MR) is 102 cm³/mol. The number of aliphatic carboxylic acids is 1. The van der Waals surface area contributed by atoms with E-state index in [0.29, 0.717) is 17.8 Å². The van der Waals surface area contributed by atoms with Crippen LogP contribution in [0.15, 0.2) is 60.7 Å². The topological polar surface area (TPSA) is 110 Å². The van der Waals surface area contributed by atoms with Crippen LogP contribution >= 0.6 is 0 Å². The third kappa shape index (κ3) is 4.06. The normalized spacial score (nSPS) is 12.9. The molecule has 0 bridgehead atoms. The number of carbonyl (C=O) groups excluding carboxylic acids is 1. The molecule has 3 rings (SSSR count). The molecule has 28 heavy (non-hydrogen) atoms. The van der Waals surface area contributed by atoms with Crippen LogP contribution < -0.4 is 5.32 Å². The molecule has 8 heteroatoms. The highest BCUT2D eigenvalue weighted by Gasteiger charge is 2.39. The van der Waals surface area contributed by atoms with Gasteiger partial charge in [0.1, 0.15) is 12.0 Å². The summed E-state index contributed by atoms with van der Waals surface area (Å²) in [5.41, 5.74) is 0.256. The first-order chi connectivity index (χ1) is 13.5. The van der Waals surface area contributed by atoms with Gasteiger partial charge in [-0.3, -0.25) is 9.59 Å². The highest BCUT2D eigenvalue weighted by Crippen LogP contribution is 2.27. The lowest BCUT2D eigenvalue weighted by Gasteiger charge is -2.29. The minimum atomic E-state index is -1.19. The molecule has 1 unspecified atom stereocenters. The van der Waals surface area contributed by atoms with Crippen molar-refractivity contribution in [3.63, 3.8) is 0 Å².